The molecule has 1 atom stereocenters. The molecule has 0 aromatic carbocycles. The summed E-state index contributed by atoms with van der Waals surface area (Å²) in [7, 11) is 0. The third-order valence-corrected chi connectivity index (χ3v) is 1.98. The van der Waals surface area contributed by atoms with Gasteiger partial charge in [-0.05, 0) is 12.8 Å². The zero-order chi connectivity index (χ0) is 9.90. The third-order valence-electron chi connectivity index (χ3n) is 1.98. The normalized spacial score (nSPS) is 23.1. The van der Waals surface area contributed by atoms with E-state index in [1.807, 2.05) is 0 Å². The van der Waals surface area contributed by atoms with Gasteiger partial charge in [-0.2, -0.15) is 18.2 Å². The molecule has 0 bridgehead atoms. The van der Waals surface area contributed by atoms with Crippen LogP contribution in [0, 0.1) is 0 Å². The number of hydroxylamine groups is 2. The van der Waals surface area contributed by atoms with E-state index in [0.717, 1.165) is 17.9 Å². The molecule has 13 heavy (non-hydrogen) atoms. The summed E-state index contributed by atoms with van der Waals surface area (Å²) in [6, 6.07) is -1.66. The number of rotatable bonds is 2. The fourth-order valence-electron chi connectivity index (χ4n) is 1.28. The lowest BCUT2D eigenvalue weighted by molar-refractivity contribution is -0.281. The van der Waals surface area contributed by atoms with Crippen molar-refractivity contribution in [3.05, 3.63) is 0 Å². The average molecular weight is 198 g/mol. The maximum atomic E-state index is 12.3. The second-order valence-corrected chi connectivity index (χ2v) is 2.97. The number of alkyl halides is 3. The van der Waals surface area contributed by atoms with Gasteiger partial charge in [0.05, 0.1) is 6.61 Å². The van der Waals surface area contributed by atoms with E-state index in [1.54, 1.807) is 0 Å². The van der Waals surface area contributed by atoms with Crippen LogP contribution in [0.2, 0.25) is 0 Å². The Labute approximate surface area is 74.6 Å². The summed E-state index contributed by atoms with van der Waals surface area (Å²) >= 11 is 0. The van der Waals surface area contributed by atoms with Crippen molar-refractivity contribution in [2.75, 3.05) is 19.7 Å². The molecule has 1 saturated heterocycles. The Morgan fingerprint density at radius 2 is 2.08 bits per heavy atom. The number of nitrogens with zero attached hydrogens (tertiary/aromatic N) is 1. The average Bonchev–Trinajstić information content (AvgIpc) is 2.05. The minimum atomic E-state index is -4.30. The SMILES string of the molecule is NCC(N1CCCCO1)C(F)(F)F. The van der Waals surface area contributed by atoms with Gasteiger partial charge in [-0.1, -0.05) is 0 Å². The van der Waals surface area contributed by atoms with Gasteiger partial charge >= 0.3 is 6.18 Å². The largest absolute Gasteiger partial charge is 0.407 e. The highest BCUT2D eigenvalue weighted by Crippen LogP contribution is 2.25. The van der Waals surface area contributed by atoms with Gasteiger partial charge in [0.1, 0.15) is 6.04 Å². The summed E-state index contributed by atoms with van der Waals surface area (Å²) in [6.45, 7) is 0.206. The highest BCUT2D eigenvalue weighted by molar-refractivity contribution is 4.76. The number of halogens is 3. The fourth-order valence-corrected chi connectivity index (χ4v) is 1.28. The van der Waals surface area contributed by atoms with Crippen LogP contribution in [-0.2, 0) is 4.84 Å². The first-order valence-electron chi connectivity index (χ1n) is 4.22. The Morgan fingerprint density at radius 1 is 1.38 bits per heavy atom. The van der Waals surface area contributed by atoms with Gasteiger partial charge in [-0.15, -0.1) is 0 Å². The Bertz CT molecular complexity index is 156. The Hall–Kier alpha value is -0.330. The van der Waals surface area contributed by atoms with Gasteiger partial charge in [-0.25, -0.2) is 0 Å². The lowest BCUT2D eigenvalue weighted by Gasteiger charge is -2.33. The fraction of sp³-hybridized carbons (Fsp3) is 1.00. The number of hydrogen-bond donors (Lipinski definition) is 1. The van der Waals surface area contributed by atoms with E-state index < -0.39 is 18.8 Å². The Balaban J connectivity index is 2.54. The van der Waals surface area contributed by atoms with Crippen molar-refractivity contribution in [3.8, 4) is 0 Å². The van der Waals surface area contributed by atoms with Crippen LogP contribution in [0.3, 0.4) is 0 Å². The minimum absolute atomic E-state index is 0.307. The molecule has 78 valence electrons. The van der Waals surface area contributed by atoms with Crippen molar-refractivity contribution in [1.82, 2.24) is 5.06 Å². The molecule has 3 nitrogen and oxygen atoms in total. The van der Waals surface area contributed by atoms with Crippen LogP contribution < -0.4 is 5.73 Å². The van der Waals surface area contributed by atoms with Crippen LogP contribution in [-0.4, -0.2) is 37.0 Å². The van der Waals surface area contributed by atoms with Crippen LogP contribution in [0.15, 0.2) is 0 Å². The zero-order valence-electron chi connectivity index (χ0n) is 7.18. The van der Waals surface area contributed by atoms with Gasteiger partial charge in [0.25, 0.3) is 0 Å². The summed E-state index contributed by atoms with van der Waals surface area (Å²) in [5.41, 5.74) is 5.05. The molecule has 0 aromatic heterocycles. The van der Waals surface area contributed by atoms with Crippen molar-refractivity contribution in [2.45, 2.75) is 25.1 Å². The van der Waals surface area contributed by atoms with Crippen LogP contribution in [0.4, 0.5) is 13.2 Å². The van der Waals surface area contributed by atoms with Gasteiger partial charge in [0.15, 0.2) is 0 Å². The summed E-state index contributed by atoms with van der Waals surface area (Å²) < 4.78 is 36.9. The number of hydrogen-bond acceptors (Lipinski definition) is 3. The monoisotopic (exact) mass is 198 g/mol. The topological polar surface area (TPSA) is 38.5 Å². The highest BCUT2D eigenvalue weighted by Gasteiger charge is 2.43. The van der Waals surface area contributed by atoms with Gasteiger partial charge in [0.2, 0.25) is 0 Å². The molecule has 1 unspecified atom stereocenters. The second-order valence-electron chi connectivity index (χ2n) is 2.97. The van der Waals surface area contributed by atoms with E-state index in [9.17, 15) is 13.2 Å². The number of nitrogens with two attached hydrogens (primary N) is 1. The van der Waals surface area contributed by atoms with Crippen molar-refractivity contribution in [3.63, 3.8) is 0 Å². The van der Waals surface area contributed by atoms with E-state index in [1.165, 1.54) is 0 Å². The van der Waals surface area contributed by atoms with E-state index >= 15 is 0 Å². The standard InChI is InChI=1S/C7H13F3N2O/c8-7(9,10)6(5-11)12-3-1-2-4-13-12/h6H,1-5,11H2. The molecule has 1 fully saturated rings. The van der Waals surface area contributed by atoms with E-state index in [-0.39, 0.29) is 0 Å². The van der Waals surface area contributed by atoms with Crippen LogP contribution >= 0.6 is 0 Å². The van der Waals surface area contributed by atoms with Crippen LogP contribution in [0.25, 0.3) is 0 Å². The van der Waals surface area contributed by atoms with E-state index in [2.05, 4.69) is 0 Å². The molecule has 2 N–H and O–H groups in total. The molecule has 1 aliphatic rings. The molecular weight excluding hydrogens is 185 g/mol. The Morgan fingerprint density at radius 3 is 2.46 bits per heavy atom. The second kappa shape index (κ2) is 4.26. The zero-order valence-corrected chi connectivity index (χ0v) is 7.18. The summed E-state index contributed by atoms with van der Waals surface area (Å²) in [5, 5.41) is 0.948. The molecule has 0 spiro atoms. The smallest absolute Gasteiger partial charge is 0.328 e. The first-order valence-corrected chi connectivity index (χ1v) is 4.22. The first-order chi connectivity index (χ1) is 6.05. The molecule has 0 radical (unpaired) electrons. The molecule has 1 rings (SSSR count). The minimum Gasteiger partial charge on any atom is -0.328 e. The van der Waals surface area contributed by atoms with Crippen molar-refractivity contribution < 1.29 is 18.0 Å². The van der Waals surface area contributed by atoms with Crippen molar-refractivity contribution >= 4 is 0 Å². The van der Waals surface area contributed by atoms with Crippen LogP contribution in [0.1, 0.15) is 12.8 Å². The van der Waals surface area contributed by atoms with Crippen LogP contribution in [0.5, 0.6) is 0 Å². The molecule has 0 saturated carbocycles. The van der Waals surface area contributed by atoms with E-state index in [4.69, 9.17) is 10.6 Å². The van der Waals surface area contributed by atoms with Gasteiger partial charge in [-0.3, -0.25) is 4.84 Å². The molecule has 0 amide bonds. The summed E-state index contributed by atoms with van der Waals surface area (Å²) in [4.78, 5) is 4.89. The van der Waals surface area contributed by atoms with Crippen molar-refractivity contribution in [1.29, 1.82) is 0 Å². The highest BCUT2D eigenvalue weighted by atomic mass is 19.4. The molecule has 1 heterocycles. The quantitative estimate of drug-likeness (QED) is 0.716. The summed E-state index contributed by atoms with van der Waals surface area (Å²) in [5.74, 6) is 0. The molecular formula is C7H13F3N2O. The van der Waals surface area contributed by atoms with Gasteiger partial charge < -0.3 is 5.73 Å². The van der Waals surface area contributed by atoms with E-state index in [0.29, 0.717) is 13.2 Å². The summed E-state index contributed by atoms with van der Waals surface area (Å²) in [6.07, 6.45) is -2.76. The lowest BCUT2D eigenvalue weighted by Crippen LogP contribution is -2.51. The predicted octanol–water partition coefficient (Wildman–Crippen LogP) is 0.903. The lowest BCUT2D eigenvalue weighted by atomic mass is 10.2. The van der Waals surface area contributed by atoms with Gasteiger partial charge in [0, 0.05) is 13.1 Å². The maximum Gasteiger partial charge on any atom is 0.407 e. The predicted molar refractivity (Wildman–Crippen MR) is 40.8 cm³/mol. The molecule has 0 aromatic rings. The molecule has 0 aliphatic carbocycles. The first kappa shape index (κ1) is 10.7. The maximum absolute atomic E-state index is 12.3. The molecule has 6 heteroatoms. The Kier molecular flexibility index (Phi) is 3.52. The van der Waals surface area contributed by atoms with Crippen molar-refractivity contribution in [2.24, 2.45) is 5.73 Å². The molecule has 1 aliphatic heterocycles. The third kappa shape index (κ3) is 2.82.